The van der Waals surface area contributed by atoms with Crippen LogP contribution in [0.25, 0.3) is 0 Å². The smallest absolute Gasteiger partial charge is 0.276 e. The molecule has 142 valence electrons. The highest BCUT2D eigenvalue weighted by molar-refractivity contribution is 7.98. The van der Waals surface area contributed by atoms with Crippen molar-refractivity contribution in [1.29, 1.82) is 5.26 Å². The lowest BCUT2D eigenvalue weighted by Crippen LogP contribution is -2.17. The van der Waals surface area contributed by atoms with Crippen LogP contribution in [0, 0.1) is 18.3 Å². The minimum atomic E-state index is -0.178. The van der Waals surface area contributed by atoms with Gasteiger partial charge in [0.1, 0.15) is 17.6 Å². The Bertz CT molecular complexity index is 1100. The highest BCUT2D eigenvalue weighted by Gasteiger charge is 2.09. The first-order valence-electron chi connectivity index (χ1n) is 8.97. The van der Waals surface area contributed by atoms with Gasteiger partial charge in [-0.3, -0.25) is 4.79 Å². The van der Waals surface area contributed by atoms with Crippen LogP contribution >= 0.6 is 11.8 Å². The largest absolute Gasteiger partial charge is 0.456 e. The molecule has 0 unspecified atom stereocenters. The SMILES string of the molecule is CCc1cn(C)c(SCc2ccc(Oc3cccc(C)c3)c(C#N)c2)nc1=O. The minimum absolute atomic E-state index is 0.178. The van der Waals surface area contributed by atoms with E-state index >= 15 is 0 Å². The monoisotopic (exact) mass is 391 g/mol. The molecular weight excluding hydrogens is 370 g/mol. The molecule has 3 aromatic rings. The van der Waals surface area contributed by atoms with Gasteiger partial charge in [0.25, 0.3) is 5.56 Å². The normalized spacial score (nSPS) is 10.5. The highest BCUT2D eigenvalue weighted by Crippen LogP contribution is 2.28. The molecule has 5 nitrogen and oxygen atoms in total. The number of benzene rings is 2. The summed E-state index contributed by atoms with van der Waals surface area (Å²) in [6.07, 6.45) is 2.50. The van der Waals surface area contributed by atoms with Crippen LogP contribution in [0.1, 0.15) is 29.2 Å². The predicted octanol–water partition coefficient (Wildman–Crippen LogP) is 4.61. The van der Waals surface area contributed by atoms with Crippen LogP contribution in [-0.4, -0.2) is 9.55 Å². The van der Waals surface area contributed by atoms with E-state index in [4.69, 9.17) is 4.74 Å². The maximum Gasteiger partial charge on any atom is 0.276 e. The van der Waals surface area contributed by atoms with Gasteiger partial charge in [0.2, 0.25) is 0 Å². The third kappa shape index (κ3) is 4.62. The van der Waals surface area contributed by atoms with Crippen molar-refractivity contribution in [3.8, 4) is 17.6 Å². The standard InChI is InChI=1S/C22H21N3O2S/c1-4-17-13-25(3)22(24-21(17)26)28-14-16-8-9-20(18(11-16)12-23)27-19-7-5-6-15(2)10-19/h5-11,13H,4,14H2,1-3H3. The Labute approximate surface area is 168 Å². The lowest BCUT2D eigenvalue weighted by atomic mass is 10.1. The van der Waals surface area contributed by atoms with E-state index in [0.29, 0.717) is 40.0 Å². The molecule has 28 heavy (non-hydrogen) atoms. The predicted molar refractivity (Wildman–Crippen MR) is 111 cm³/mol. The van der Waals surface area contributed by atoms with Gasteiger partial charge in [0, 0.05) is 24.6 Å². The first-order chi connectivity index (χ1) is 13.5. The fourth-order valence-corrected chi connectivity index (χ4v) is 3.63. The number of hydrogen-bond donors (Lipinski definition) is 0. The summed E-state index contributed by atoms with van der Waals surface area (Å²) in [5.74, 6) is 1.83. The van der Waals surface area contributed by atoms with Crippen molar-refractivity contribution in [2.75, 3.05) is 0 Å². The number of nitriles is 1. The maximum atomic E-state index is 12.0. The summed E-state index contributed by atoms with van der Waals surface area (Å²) < 4.78 is 7.74. The van der Waals surface area contributed by atoms with E-state index in [1.165, 1.54) is 11.8 Å². The van der Waals surface area contributed by atoms with Crippen molar-refractivity contribution < 1.29 is 4.74 Å². The quantitative estimate of drug-likeness (QED) is 0.453. The number of aryl methyl sites for hydroxylation is 3. The van der Waals surface area contributed by atoms with Crippen LogP contribution in [0.2, 0.25) is 0 Å². The fraction of sp³-hybridized carbons (Fsp3) is 0.227. The Morgan fingerprint density at radius 3 is 2.79 bits per heavy atom. The minimum Gasteiger partial charge on any atom is -0.456 e. The van der Waals surface area contributed by atoms with E-state index in [2.05, 4.69) is 11.1 Å². The first-order valence-corrected chi connectivity index (χ1v) is 9.95. The average Bonchev–Trinajstić information content (AvgIpc) is 2.69. The summed E-state index contributed by atoms with van der Waals surface area (Å²) in [6, 6.07) is 15.5. The van der Waals surface area contributed by atoms with Gasteiger partial charge < -0.3 is 9.30 Å². The van der Waals surface area contributed by atoms with Crippen LogP contribution in [0.5, 0.6) is 11.5 Å². The molecule has 0 saturated heterocycles. The molecule has 0 atom stereocenters. The van der Waals surface area contributed by atoms with E-state index in [0.717, 1.165) is 11.1 Å². The molecule has 0 amide bonds. The van der Waals surface area contributed by atoms with Gasteiger partial charge in [0.15, 0.2) is 5.16 Å². The van der Waals surface area contributed by atoms with E-state index in [1.807, 2.05) is 74.1 Å². The third-order valence-corrected chi connectivity index (χ3v) is 5.37. The number of thioether (sulfide) groups is 1. The molecule has 3 rings (SSSR count). The number of aromatic nitrogens is 2. The van der Waals surface area contributed by atoms with Crippen molar-refractivity contribution in [3.05, 3.63) is 81.3 Å². The molecule has 0 fully saturated rings. The highest BCUT2D eigenvalue weighted by atomic mass is 32.2. The summed E-state index contributed by atoms with van der Waals surface area (Å²) in [5, 5.41) is 10.2. The molecular formula is C22H21N3O2S. The van der Waals surface area contributed by atoms with Crippen molar-refractivity contribution >= 4 is 11.8 Å². The number of hydrogen-bond acceptors (Lipinski definition) is 5. The topological polar surface area (TPSA) is 67.9 Å². The summed E-state index contributed by atoms with van der Waals surface area (Å²) >= 11 is 1.47. The van der Waals surface area contributed by atoms with E-state index in [-0.39, 0.29) is 5.56 Å². The van der Waals surface area contributed by atoms with E-state index in [9.17, 15) is 10.1 Å². The molecule has 1 aromatic heterocycles. The molecule has 0 aliphatic heterocycles. The summed E-state index contributed by atoms with van der Waals surface area (Å²) in [4.78, 5) is 16.1. The third-order valence-electron chi connectivity index (χ3n) is 4.25. The fourth-order valence-electron chi connectivity index (χ4n) is 2.76. The Balaban J connectivity index is 1.76. The molecule has 0 spiro atoms. The van der Waals surface area contributed by atoms with Gasteiger partial charge in [-0.15, -0.1) is 0 Å². The summed E-state index contributed by atoms with van der Waals surface area (Å²) in [7, 11) is 1.88. The summed E-state index contributed by atoms with van der Waals surface area (Å²) in [5.41, 5.74) is 3.06. The van der Waals surface area contributed by atoms with Crippen LogP contribution in [0.3, 0.4) is 0 Å². The van der Waals surface area contributed by atoms with Crippen molar-refractivity contribution in [3.63, 3.8) is 0 Å². The molecule has 0 aliphatic carbocycles. The number of ether oxygens (including phenoxy) is 1. The lowest BCUT2D eigenvalue weighted by Gasteiger charge is -2.11. The Kier molecular flexibility index (Phi) is 6.17. The van der Waals surface area contributed by atoms with E-state index in [1.54, 1.807) is 0 Å². The van der Waals surface area contributed by atoms with Crippen LogP contribution < -0.4 is 10.3 Å². The van der Waals surface area contributed by atoms with Crippen molar-refractivity contribution in [2.45, 2.75) is 31.2 Å². The van der Waals surface area contributed by atoms with Crippen LogP contribution in [0.4, 0.5) is 0 Å². The molecule has 0 N–H and O–H groups in total. The Morgan fingerprint density at radius 1 is 1.25 bits per heavy atom. The van der Waals surface area contributed by atoms with Gasteiger partial charge >= 0.3 is 0 Å². The number of nitrogens with zero attached hydrogens (tertiary/aromatic N) is 3. The van der Waals surface area contributed by atoms with Crippen molar-refractivity contribution in [1.82, 2.24) is 9.55 Å². The zero-order valence-electron chi connectivity index (χ0n) is 16.1. The average molecular weight is 391 g/mol. The molecule has 0 bridgehead atoms. The Hall–Kier alpha value is -3.04. The second kappa shape index (κ2) is 8.77. The van der Waals surface area contributed by atoms with Gasteiger partial charge in [-0.05, 0) is 48.7 Å². The molecule has 0 radical (unpaired) electrons. The zero-order valence-corrected chi connectivity index (χ0v) is 16.9. The molecule has 1 heterocycles. The van der Waals surface area contributed by atoms with Crippen molar-refractivity contribution in [2.24, 2.45) is 7.05 Å². The molecule has 0 saturated carbocycles. The van der Waals surface area contributed by atoms with Gasteiger partial charge in [0.05, 0.1) is 5.56 Å². The summed E-state index contributed by atoms with van der Waals surface area (Å²) in [6.45, 7) is 3.93. The second-order valence-corrected chi connectivity index (χ2v) is 7.41. The van der Waals surface area contributed by atoms with Crippen LogP contribution in [-0.2, 0) is 19.2 Å². The molecule has 6 heteroatoms. The van der Waals surface area contributed by atoms with Gasteiger partial charge in [-0.1, -0.05) is 36.9 Å². The van der Waals surface area contributed by atoms with E-state index < -0.39 is 0 Å². The zero-order chi connectivity index (χ0) is 20.1. The van der Waals surface area contributed by atoms with Crippen LogP contribution in [0.15, 0.2) is 58.6 Å². The second-order valence-electron chi connectivity index (χ2n) is 6.47. The van der Waals surface area contributed by atoms with Gasteiger partial charge in [-0.25, -0.2) is 0 Å². The maximum absolute atomic E-state index is 12.0. The van der Waals surface area contributed by atoms with Gasteiger partial charge in [-0.2, -0.15) is 10.2 Å². The molecule has 2 aromatic carbocycles. The number of rotatable bonds is 6. The lowest BCUT2D eigenvalue weighted by molar-refractivity contribution is 0.480. The first kappa shape index (κ1) is 19.7. The Morgan fingerprint density at radius 2 is 2.07 bits per heavy atom. The molecule has 0 aliphatic rings.